The van der Waals surface area contributed by atoms with E-state index in [1.54, 1.807) is 0 Å². The highest BCUT2D eigenvalue weighted by Crippen LogP contribution is 2.24. The molecule has 0 atom stereocenters. The minimum Gasteiger partial charge on any atom is -0.465 e. The fourth-order valence-electron chi connectivity index (χ4n) is 2.51. The zero-order valence-corrected chi connectivity index (χ0v) is 11.0. The van der Waals surface area contributed by atoms with E-state index in [1.807, 2.05) is 13.0 Å². The van der Waals surface area contributed by atoms with E-state index in [9.17, 15) is 4.79 Å². The monoisotopic (exact) mass is 239 g/mol. The summed E-state index contributed by atoms with van der Waals surface area (Å²) in [6, 6.07) is 0. The Bertz CT molecular complexity index is 234. The first-order valence-corrected chi connectivity index (χ1v) is 6.75. The Balaban J connectivity index is 2.35. The molecule has 0 aromatic heterocycles. The zero-order valence-electron chi connectivity index (χ0n) is 11.0. The predicted molar refractivity (Wildman–Crippen MR) is 69.8 cm³/mol. The Labute approximate surface area is 105 Å². The number of hydrogen-bond acceptors (Lipinski definition) is 3. The van der Waals surface area contributed by atoms with Crippen LogP contribution in [0.2, 0.25) is 0 Å². The first kappa shape index (κ1) is 14.2. The molecule has 17 heavy (non-hydrogen) atoms. The molecule has 0 saturated heterocycles. The lowest BCUT2D eigenvalue weighted by molar-refractivity contribution is -0.144. The molecule has 1 aliphatic carbocycles. The summed E-state index contributed by atoms with van der Waals surface area (Å²) in [5, 5.41) is 0. The Morgan fingerprint density at radius 1 is 1.41 bits per heavy atom. The van der Waals surface area contributed by atoms with Crippen LogP contribution in [-0.2, 0) is 9.53 Å². The van der Waals surface area contributed by atoms with Crippen molar-refractivity contribution >= 4 is 5.97 Å². The van der Waals surface area contributed by atoms with Crippen LogP contribution in [0.15, 0.2) is 12.7 Å². The molecule has 1 rings (SSSR count). The van der Waals surface area contributed by atoms with Crippen LogP contribution in [0.1, 0.15) is 39.0 Å². The van der Waals surface area contributed by atoms with Crippen LogP contribution >= 0.6 is 0 Å². The van der Waals surface area contributed by atoms with Gasteiger partial charge in [-0.25, -0.2) is 0 Å². The SMILES string of the molecule is C=CCN(CC(=O)OCC)CC1CCCCC1. The molecule has 0 amide bonds. The van der Waals surface area contributed by atoms with Gasteiger partial charge in [-0.15, -0.1) is 6.58 Å². The van der Waals surface area contributed by atoms with Gasteiger partial charge in [0.25, 0.3) is 0 Å². The van der Waals surface area contributed by atoms with Gasteiger partial charge < -0.3 is 4.74 Å². The fourth-order valence-corrected chi connectivity index (χ4v) is 2.51. The maximum Gasteiger partial charge on any atom is 0.320 e. The second kappa shape index (κ2) is 8.29. The van der Waals surface area contributed by atoms with Crippen LogP contribution in [0, 0.1) is 5.92 Å². The molecule has 0 radical (unpaired) electrons. The summed E-state index contributed by atoms with van der Waals surface area (Å²) in [6.07, 6.45) is 8.52. The molecule has 0 unspecified atom stereocenters. The van der Waals surface area contributed by atoms with Crippen LogP contribution in [-0.4, -0.2) is 37.1 Å². The molecule has 0 spiro atoms. The molecule has 0 bridgehead atoms. The highest BCUT2D eigenvalue weighted by Gasteiger charge is 2.18. The van der Waals surface area contributed by atoms with Crippen LogP contribution in [0.4, 0.5) is 0 Å². The molecule has 1 aliphatic rings. The lowest BCUT2D eigenvalue weighted by Gasteiger charge is -2.28. The lowest BCUT2D eigenvalue weighted by Crippen LogP contribution is -2.35. The summed E-state index contributed by atoms with van der Waals surface area (Å²) in [4.78, 5) is 13.6. The maximum atomic E-state index is 11.5. The summed E-state index contributed by atoms with van der Waals surface area (Å²) in [6.45, 7) is 8.24. The third-order valence-electron chi connectivity index (χ3n) is 3.29. The first-order valence-electron chi connectivity index (χ1n) is 6.75. The van der Waals surface area contributed by atoms with Gasteiger partial charge in [0.1, 0.15) is 0 Å². The Morgan fingerprint density at radius 2 is 2.12 bits per heavy atom. The highest BCUT2D eigenvalue weighted by molar-refractivity contribution is 5.71. The number of esters is 1. The van der Waals surface area contributed by atoms with Crippen molar-refractivity contribution in [2.75, 3.05) is 26.2 Å². The summed E-state index contributed by atoms with van der Waals surface area (Å²) < 4.78 is 4.99. The van der Waals surface area contributed by atoms with Crippen LogP contribution < -0.4 is 0 Å². The van der Waals surface area contributed by atoms with Gasteiger partial charge in [-0.3, -0.25) is 9.69 Å². The zero-order chi connectivity index (χ0) is 12.5. The largest absolute Gasteiger partial charge is 0.465 e. The quantitative estimate of drug-likeness (QED) is 0.505. The third kappa shape index (κ3) is 5.87. The molecular weight excluding hydrogens is 214 g/mol. The van der Waals surface area contributed by atoms with E-state index in [4.69, 9.17) is 4.74 Å². The molecule has 3 nitrogen and oxygen atoms in total. The summed E-state index contributed by atoms with van der Waals surface area (Å²) in [7, 11) is 0. The number of ether oxygens (including phenoxy) is 1. The van der Waals surface area contributed by atoms with Crippen molar-refractivity contribution in [3.63, 3.8) is 0 Å². The van der Waals surface area contributed by atoms with Crippen molar-refractivity contribution in [3.05, 3.63) is 12.7 Å². The van der Waals surface area contributed by atoms with E-state index in [2.05, 4.69) is 11.5 Å². The standard InChI is InChI=1S/C14H25NO2/c1-3-10-15(12-14(16)17-4-2)11-13-8-6-5-7-9-13/h3,13H,1,4-12H2,2H3. The number of carbonyl (C=O) groups excluding carboxylic acids is 1. The molecule has 3 heteroatoms. The number of hydrogen-bond donors (Lipinski definition) is 0. The smallest absolute Gasteiger partial charge is 0.320 e. The van der Waals surface area contributed by atoms with Crippen molar-refractivity contribution in [1.29, 1.82) is 0 Å². The third-order valence-corrected chi connectivity index (χ3v) is 3.29. The lowest BCUT2D eigenvalue weighted by atomic mass is 9.89. The normalized spacial score (nSPS) is 17.1. The van der Waals surface area contributed by atoms with E-state index in [1.165, 1.54) is 32.1 Å². The highest BCUT2D eigenvalue weighted by atomic mass is 16.5. The average molecular weight is 239 g/mol. The first-order chi connectivity index (χ1) is 8.26. The van der Waals surface area contributed by atoms with E-state index in [-0.39, 0.29) is 5.97 Å². The Morgan fingerprint density at radius 3 is 2.71 bits per heavy atom. The molecule has 0 aromatic rings. The minimum atomic E-state index is -0.120. The van der Waals surface area contributed by atoms with Crippen LogP contribution in [0.3, 0.4) is 0 Å². The second-order valence-corrected chi connectivity index (χ2v) is 4.79. The van der Waals surface area contributed by atoms with E-state index < -0.39 is 0 Å². The molecule has 1 fully saturated rings. The number of rotatable bonds is 7. The van der Waals surface area contributed by atoms with Gasteiger partial charge in [-0.2, -0.15) is 0 Å². The number of nitrogens with zero attached hydrogens (tertiary/aromatic N) is 1. The van der Waals surface area contributed by atoms with Gasteiger partial charge in [0, 0.05) is 13.1 Å². The topological polar surface area (TPSA) is 29.5 Å². The molecule has 1 saturated carbocycles. The van der Waals surface area contributed by atoms with Crippen molar-refractivity contribution in [3.8, 4) is 0 Å². The van der Waals surface area contributed by atoms with Crippen molar-refractivity contribution < 1.29 is 9.53 Å². The van der Waals surface area contributed by atoms with Gasteiger partial charge >= 0.3 is 5.97 Å². The average Bonchev–Trinajstić information content (AvgIpc) is 2.31. The molecule has 0 aliphatic heterocycles. The van der Waals surface area contributed by atoms with Gasteiger partial charge in [-0.1, -0.05) is 25.3 Å². The van der Waals surface area contributed by atoms with Crippen molar-refractivity contribution in [2.24, 2.45) is 5.92 Å². The van der Waals surface area contributed by atoms with E-state index in [0.29, 0.717) is 13.2 Å². The molecular formula is C14H25NO2. The van der Waals surface area contributed by atoms with Crippen molar-refractivity contribution in [2.45, 2.75) is 39.0 Å². The van der Waals surface area contributed by atoms with Gasteiger partial charge in [0.05, 0.1) is 13.2 Å². The summed E-state index contributed by atoms with van der Waals surface area (Å²) in [5.74, 6) is 0.628. The van der Waals surface area contributed by atoms with Gasteiger partial charge in [-0.05, 0) is 25.7 Å². The van der Waals surface area contributed by atoms with Gasteiger partial charge in [0.15, 0.2) is 0 Å². The summed E-state index contributed by atoms with van der Waals surface area (Å²) >= 11 is 0. The molecule has 0 aromatic carbocycles. The van der Waals surface area contributed by atoms with Crippen LogP contribution in [0.25, 0.3) is 0 Å². The second-order valence-electron chi connectivity index (χ2n) is 4.79. The fraction of sp³-hybridized carbons (Fsp3) is 0.786. The van der Waals surface area contributed by atoms with Crippen LogP contribution in [0.5, 0.6) is 0 Å². The number of carbonyl (C=O) groups is 1. The Kier molecular flexibility index (Phi) is 6.94. The minimum absolute atomic E-state index is 0.120. The maximum absolute atomic E-state index is 11.5. The Hall–Kier alpha value is -0.830. The van der Waals surface area contributed by atoms with Gasteiger partial charge in [0.2, 0.25) is 0 Å². The molecule has 0 N–H and O–H groups in total. The molecule has 98 valence electrons. The van der Waals surface area contributed by atoms with E-state index >= 15 is 0 Å². The summed E-state index contributed by atoms with van der Waals surface area (Å²) in [5.41, 5.74) is 0. The predicted octanol–water partition coefficient (Wildman–Crippen LogP) is 2.62. The van der Waals surface area contributed by atoms with Crippen molar-refractivity contribution in [1.82, 2.24) is 4.90 Å². The molecule has 0 heterocycles. The van der Waals surface area contributed by atoms with E-state index in [0.717, 1.165) is 19.0 Å².